The molecule has 104 valence electrons. The van der Waals surface area contributed by atoms with Crippen LogP contribution in [0, 0.1) is 0 Å². The summed E-state index contributed by atoms with van der Waals surface area (Å²) in [6.45, 7) is 5.22. The number of nitrogen functional groups attached to an aromatic ring is 1. The molecule has 0 spiro atoms. The van der Waals surface area contributed by atoms with Crippen molar-refractivity contribution in [1.29, 1.82) is 0 Å². The Bertz CT molecular complexity index is 458. The van der Waals surface area contributed by atoms with Gasteiger partial charge in [-0.1, -0.05) is 15.9 Å². The van der Waals surface area contributed by atoms with Crippen LogP contribution >= 0.6 is 15.9 Å². The molecule has 0 saturated carbocycles. The van der Waals surface area contributed by atoms with Gasteiger partial charge in [-0.3, -0.25) is 4.79 Å². The van der Waals surface area contributed by atoms with E-state index in [0.717, 1.165) is 24.1 Å². The normalized spacial score (nSPS) is 17.4. The van der Waals surface area contributed by atoms with Crippen LogP contribution in [-0.4, -0.2) is 36.5 Å². The van der Waals surface area contributed by atoms with Gasteiger partial charge in [-0.25, -0.2) is 0 Å². The number of nitrogens with zero attached hydrogens (tertiary/aromatic N) is 1. The molecule has 1 aliphatic rings. The monoisotopic (exact) mass is 325 g/mol. The van der Waals surface area contributed by atoms with Gasteiger partial charge in [0.25, 0.3) is 5.91 Å². The zero-order valence-electron chi connectivity index (χ0n) is 11.2. The molecule has 1 aliphatic heterocycles. The highest BCUT2D eigenvalue weighted by Crippen LogP contribution is 2.18. The van der Waals surface area contributed by atoms with Crippen molar-refractivity contribution in [3.63, 3.8) is 0 Å². The fourth-order valence-corrected chi connectivity index (χ4v) is 2.82. The molecule has 0 radical (unpaired) electrons. The second-order valence-corrected chi connectivity index (χ2v) is 6.03. The summed E-state index contributed by atoms with van der Waals surface area (Å²) >= 11 is 3.34. The van der Waals surface area contributed by atoms with Gasteiger partial charge in [0.15, 0.2) is 0 Å². The number of carbonyl (C=O) groups excluding carboxylic acids is 1. The molecule has 1 unspecified atom stereocenters. The standard InChI is InChI=1S/C14H20BrN3O/c1-10(9-18-6-2-3-7-18)17-14(19)12-5-4-11(15)8-13(12)16/h4-5,8,10H,2-3,6-7,9,16H2,1H3,(H,17,19). The van der Waals surface area contributed by atoms with Crippen molar-refractivity contribution in [1.82, 2.24) is 10.2 Å². The highest BCUT2D eigenvalue weighted by Gasteiger charge is 2.17. The summed E-state index contributed by atoms with van der Waals surface area (Å²) in [5.41, 5.74) is 6.90. The maximum absolute atomic E-state index is 12.1. The molecule has 0 aliphatic carbocycles. The van der Waals surface area contributed by atoms with Gasteiger partial charge in [0.2, 0.25) is 0 Å². The maximum Gasteiger partial charge on any atom is 0.253 e. The lowest BCUT2D eigenvalue weighted by molar-refractivity contribution is 0.0933. The number of likely N-dealkylation sites (tertiary alicyclic amines) is 1. The number of rotatable bonds is 4. The lowest BCUT2D eigenvalue weighted by Crippen LogP contribution is -2.41. The summed E-state index contributed by atoms with van der Waals surface area (Å²) in [4.78, 5) is 14.5. The average Bonchev–Trinajstić information content (AvgIpc) is 2.81. The van der Waals surface area contributed by atoms with E-state index in [0.29, 0.717) is 11.3 Å². The first-order valence-electron chi connectivity index (χ1n) is 6.64. The molecule has 19 heavy (non-hydrogen) atoms. The molecule has 0 aromatic heterocycles. The number of hydrogen-bond acceptors (Lipinski definition) is 3. The minimum absolute atomic E-state index is 0.100. The number of anilines is 1. The molecule has 1 saturated heterocycles. The van der Waals surface area contributed by atoms with Gasteiger partial charge in [0, 0.05) is 22.7 Å². The maximum atomic E-state index is 12.1. The fourth-order valence-electron chi connectivity index (χ4n) is 2.44. The molecule has 5 heteroatoms. The van der Waals surface area contributed by atoms with Gasteiger partial charge in [-0.05, 0) is 51.1 Å². The third kappa shape index (κ3) is 3.94. The number of carbonyl (C=O) groups is 1. The van der Waals surface area contributed by atoms with E-state index in [1.165, 1.54) is 12.8 Å². The molecule has 1 aromatic carbocycles. The zero-order valence-corrected chi connectivity index (χ0v) is 12.7. The summed E-state index contributed by atoms with van der Waals surface area (Å²) in [5, 5.41) is 3.01. The summed E-state index contributed by atoms with van der Waals surface area (Å²) in [5.74, 6) is -0.100. The van der Waals surface area contributed by atoms with Crippen LogP contribution in [0.1, 0.15) is 30.1 Å². The molecule has 1 heterocycles. The van der Waals surface area contributed by atoms with E-state index in [2.05, 4.69) is 26.1 Å². The van der Waals surface area contributed by atoms with E-state index in [9.17, 15) is 4.79 Å². The largest absolute Gasteiger partial charge is 0.398 e. The highest BCUT2D eigenvalue weighted by molar-refractivity contribution is 9.10. The smallest absolute Gasteiger partial charge is 0.253 e. The molecular formula is C14H20BrN3O. The molecule has 1 fully saturated rings. The Labute approximate surface area is 122 Å². The Hall–Kier alpha value is -1.07. The first kappa shape index (κ1) is 14.3. The van der Waals surface area contributed by atoms with Crippen molar-refractivity contribution in [3.05, 3.63) is 28.2 Å². The Kier molecular flexibility index (Phi) is 4.82. The predicted molar refractivity (Wildman–Crippen MR) is 81.2 cm³/mol. The van der Waals surface area contributed by atoms with Gasteiger partial charge >= 0.3 is 0 Å². The van der Waals surface area contributed by atoms with E-state index < -0.39 is 0 Å². The molecule has 1 aromatic rings. The SMILES string of the molecule is CC(CN1CCCC1)NC(=O)c1ccc(Br)cc1N. The number of nitrogens with one attached hydrogen (secondary N) is 1. The van der Waals surface area contributed by atoms with Crippen LogP contribution in [0.5, 0.6) is 0 Å². The molecule has 2 rings (SSSR count). The molecule has 1 amide bonds. The molecule has 4 nitrogen and oxygen atoms in total. The van der Waals surface area contributed by atoms with Crippen molar-refractivity contribution >= 4 is 27.5 Å². The Morgan fingerprint density at radius 3 is 2.79 bits per heavy atom. The minimum Gasteiger partial charge on any atom is -0.398 e. The number of hydrogen-bond donors (Lipinski definition) is 2. The number of halogens is 1. The summed E-state index contributed by atoms with van der Waals surface area (Å²) < 4.78 is 0.881. The zero-order chi connectivity index (χ0) is 13.8. The van der Waals surface area contributed by atoms with Crippen LogP contribution in [-0.2, 0) is 0 Å². The summed E-state index contributed by atoms with van der Waals surface area (Å²) in [7, 11) is 0. The number of nitrogens with two attached hydrogens (primary N) is 1. The number of amides is 1. The van der Waals surface area contributed by atoms with Crippen LogP contribution in [0.25, 0.3) is 0 Å². The van der Waals surface area contributed by atoms with E-state index in [1.54, 1.807) is 12.1 Å². The van der Waals surface area contributed by atoms with Crippen LogP contribution < -0.4 is 11.1 Å². The first-order chi connectivity index (χ1) is 9.06. The van der Waals surface area contributed by atoms with Gasteiger partial charge in [-0.2, -0.15) is 0 Å². The van der Waals surface area contributed by atoms with Crippen molar-refractivity contribution in [2.24, 2.45) is 0 Å². The number of benzene rings is 1. The first-order valence-corrected chi connectivity index (χ1v) is 7.44. The Balaban J connectivity index is 1.92. The third-order valence-corrected chi connectivity index (χ3v) is 3.86. The summed E-state index contributed by atoms with van der Waals surface area (Å²) in [6.07, 6.45) is 2.53. The third-order valence-electron chi connectivity index (χ3n) is 3.37. The Morgan fingerprint density at radius 1 is 1.47 bits per heavy atom. The lowest BCUT2D eigenvalue weighted by Gasteiger charge is -2.21. The molecule has 1 atom stereocenters. The van der Waals surface area contributed by atoms with Crippen LogP contribution in [0.15, 0.2) is 22.7 Å². The quantitative estimate of drug-likeness (QED) is 0.835. The van der Waals surface area contributed by atoms with Crippen molar-refractivity contribution in [2.75, 3.05) is 25.4 Å². The van der Waals surface area contributed by atoms with E-state index in [-0.39, 0.29) is 11.9 Å². The topological polar surface area (TPSA) is 58.4 Å². The van der Waals surface area contributed by atoms with Gasteiger partial charge < -0.3 is 16.0 Å². The lowest BCUT2D eigenvalue weighted by atomic mass is 10.1. The van der Waals surface area contributed by atoms with Crippen LogP contribution in [0.2, 0.25) is 0 Å². The van der Waals surface area contributed by atoms with Gasteiger partial charge in [-0.15, -0.1) is 0 Å². The highest BCUT2D eigenvalue weighted by atomic mass is 79.9. The van der Waals surface area contributed by atoms with Crippen molar-refractivity contribution in [3.8, 4) is 0 Å². The average molecular weight is 326 g/mol. The van der Waals surface area contributed by atoms with Crippen molar-refractivity contribution < 1.29 is 4.79 Å². The predicted octanol–water partition coefficient (Wildman–Crippen LogP) is 2.25. The van der Waals surface area contributed by atoms with E-state index in [4.69, 9.17) is 5.73 Å². The van der Waals surface area contributed by atoms with E-state index >= 15 is 0 Å². The second kappa shape index (κ2) is 6.39. The van der Waals surface area contributed by atoms with Gasteiger partial charge in [0.1, 0.15) is 0 Å². The Morgan fingerprint density at radius 2 is 2.16 bits per heavy atom. The molecule has 0 bridgehead atoms. The van der Waals surface area contributed by atoms with E-state index in [1.807, 2.05) is 13.0 Å². The molecule has 3 N–H and O–H groups in total. The summed E-state index contributed by atoms with van der Waals surface area (Å²) in [6, 6.07) is 5.46. The molecular weight excluding hydrogens is 306 g/mol. The van der Waals surface area contributed by atoms with Crippen molar-refractivity contribution in [2.45, 2.75) is 25.8 Å². The second-order valence-electron chi connectivity index (χ2n) is 5.11. The van der Waals surface area contributed by atoms with Gasteiger partial charge in [0.05, 0.1) is 5.56 Å². The van der Waals surface area contributed by atoms with Crippen LogP contribution in [0.4, 0.5) is 5.69 Å². The minimum atomic E-state index is -0.100. The fraction of sp³-hybridized carbons (Fsp3) is 0.500. The van der Waals surface area contributed by atoms with Crippen LogP contribution in [0.3, 0.4) is 0 Å².